The number of carbonyl (C=O) groups is 1. The SMILES string of the molecule is COc1cc(Br)c2nc(-n3cccc3C=O)sc2c1. The largest absolute Gasteiger partial charge is 0.497 e. The van der Waals surface area contributed by atoms with Crippen molar-refractivity contribution in [3.05, 3.63) is 40.6 Å². The van der Waals surface area contributed by atoms with Crippen LogP contribution in [0.4, 0.5) is 0 Å². The van der Waals surface area contributed by atoms with Crippen molar-refractivity contribution < 1.29 is 9.53 Å². The van der Waals surface area contributed by atoms with Crippen LogP contribution in [0.25, 0.3) is 15.3 Å². The number of benzene rings is 1. The Morgan fingerprint density at radius 3 is 3.05 bits per heavy atom. The standard InChI is InChI=1S/C13H9BrN2O2S/c1-18-9-5-10(14)12-11(6-9)19-13(15-12)16-4-2-3-8(16)7-17/h2-7H,1H3. The maximum atomic E-state index is 11.0. The average Bonchev–Trinajstić information content (AvgIpc) is 3.03. The van der Waals surface area contributed by atoms with Gasteiger partial charge in [-0.1, -0.05) is 11.3 Å². The number of methoxy groups -OCH3 is 1. The topological polar surface area (TPSA) is 44.1 Å². The molecule has 0 saturated carbocycles. The molecule has 0 spiro atoms. The van der Waals surface area contributed by atoms with Crippen LogP contribution in [-0.4, -0.2) is 22.9 Å². The lowest BCUT2D eigenvalue weighted by molar-refractivity contribution is 0.111. The van der Waals surface area contributed by atoms with Crippen LogP contribution in [0.15, 0.2) is 34.9 Å². The summed E-state index contributed by atoms with van der Waals surface area (Å²) in [6, 6.07) is 7.40. The number of aromatic nitrogens is 2. The number of ether oxygens (including phenoxy) is 1. The lowest BCUT2D eigenvalue weighted by Gasteiger charge is -1.99. The Morgan fingerprint density at radius 2 is 2.32 bits per heavy atom. The Balaban J connectivity index is 2.22. The summed E-state index contributed by atoms with van der Waals surface area (Å²) in [5, 5.41) is 0.760. The van der Waals surface area contributed by atoms with E-state index in [1.54, 1.807) is 17.7 Å². The smallest absolute Gasteiger partial charge is 0.195 e. The Labute approximate surface area is 121 Å². The molecule has 3 rings (SSSR count). The third kappa shape index (κ3) is 2.06. The van der Waals surface area contributed by atoms with E-state index in [-0.39, 0.29) is 0 Å². The molecule has 2 aromatic heterocycles. The molecule has 96 valence electrons. The number of fused-ring (bicyclic) bond motifs is 1. The fourth-order valence-corrected chi connectivity index (χ4v) is 3.52. The molecule has 0 amide bonds. The van der Waals surface area contributed by atoms with Gasteiger partial charge in [-0.05, 0) is 40.2 Å². The van der Waals surface area contributed by atoms with Crippen molar-refractivity contribution in [3.8, 4) is 10.9 Å². The van der Waals surface area contributed by atoms with Crippen molar-refractivity contribution in [1.82, 2.24) is 9.55 Å². The molecule has 0 atom stereocenters. The van der Waals surface area contributed by atoms with E-state index >= 15 is 0 Å². The van der Waals surface area contributed by atoms with Crippen LogP contribution < -0.4 is 4.74 Å². The first-order valence-corrected chi connectivity index (χ1v) is 7.11. The number of nitrogens with zero attached hydrogens (tertiary/aromatic N) is 2. The van der Waals surface area contributed by atoms with Crippen LogP contribution >= 0.6 is 27.3 Å². The minimum atomic E-state index is 0.585. The van der Waals surface area contributed by atoms with E-state index in [0.29, 0.717) is 5.69 Å². The molecule has 3 aromatic rings. The Bertz CT molecular complexity index is 763. The van der Waals surface area contributed by atoms with Crippen LogP contribution in [0, 0.1) is 0 Å². The first-order valence-electron chi connectivity index (χ1n) is 5.50. The van der Waals surface area contributed by atoms with E-state index in [1.165, 1.54) is 11.3 Å². The second kappa shape index (κ2) is 4.79. The van der Waals surface area contributed by atoms with Gasteiger partial charge in [0.05, 0.1) is 23.0 Å². The van der Waals surface area contributed by atoms with Crippen LogP contribution in [0.1, 0.15) is 10.5 Å². The van der Waals surface area contributed by atoms with Gasteiger partial charge in [0.25, 0.3) is 0 Å². The summed E-state index contributed by atoms with van der Waals surface area (Å²) in [4.78, 5) is 15.5. The molecule has 0 saturated heterocycles. The zero-order valence-electron chi connectivity index (χ0n) is 9.96. The number of halogens is 1. The Hall–Kier alpha value is -1.66. The molecule has 0 fully saturated rings. The second-order valence-electron chi connectivity index (χ2n) is 3.87. The van der Waals surface area contributed by atoms with Crippen LogP contribution in [0.5, 0.6) is 5.75 Å². The quantitative estimate of drug-likeness (QED) is 0.685. The molecule has 1 aromatic carbocycles. The van der Waals surface area contributed by atoms with Gasteiger partial charge >= 0.3 is 0 Å². The van der Waals surface area contributed by atoms with Crippen LogP contribution in [0.2, 0.25) is 0 Å². The van der Waals surface area contributed by atoms with E-state index in [1.807, 2.05) is 24.4 Å². The summed E-state index contributed by atoms with van der Waals surface area (Å²) < 4.78 is 8.89. The molecule has 0 aliphatic heterocycles. The van der Waals surface area contributed by atoms with Gasteiger partial charge in [-0.25, -0.2) is 4.98 Å². The summed E-state index contributed by atoms with van der Waals surface area (Å²) >= 11 is 5.00. The van der Waals surface area contributed by atoms with Crippen molar-refractivity contribution in [3.63, 3.8) is 0 Å². The fraction of sp³-hybridized carbons (Fsp3) is 0.0769. The van der Waals surface area contributed by atoms with Crippen LogP contribution in [0.3, 0.4) is 0 Å². The van der Waals surface area contributed by atoms with Crippen molar-refractivity contribution in [2.75, 3.05) is 7.11 Å². The van der Waals surface area contributed by atoms with Crippen molar-refractivity contribution in [1.29, 1.82) is 0 Å². The maximum absolute atomic E-state index is 11.0. The molecule has 0 unspecified atom stereocenters. The lowest BCUT2D eigenvalue weighted by atomic mass is 10.3. The monoisotopic (exact) mass is 336 g/mol. The number of hydrogen-bond acceptors (Lipinski definition) is 4. The van der Waals surface area contributed by atoms with Crippen LogP contribution in [-0.2, 0) is 0 Å². The highest BCUT2D eigenvalue weighted by Crippen LogP contribution is 2.34. The third-order valence-corrected chi connectivity index (χ3v) is 4.36. The molecule has 0 N–H and O–H groups in total. The number of carbonyl (C=O) groups excluding carboxylic acids is 1. The first kappa shape index (κ1) is 12.4. The van der Waals surface area contributed by atoms with Gasteiger partial charge in [-0.15, -0.1) is 0 Å². The highest BCUT2D eigenvalue weighted by atomic mass is 79.9. The van der Waals surface area contributed by atoms with Gasteiger partial charge in [0.2, 0.25) is 0 Å². The fourth-order valence-electron chi connectivity index (χ4n) is 1.84. The number of rotatable bonds is 3. The molecule has 6 heteroatoms. The first-order chi connectivity index (χ1) is 9.22. The normalized spacial score (nSPS) is 10.8. The predicted octanol–water partition coefficient (Wildman–Crippen LogP) is 3.67. The van der Waals surface area contributed by atoms with Gasteiger partial charge in [0, 0.05) is 10.7 Å². The highest BCUT2D eigenvalue weighted by Gasteiger charge is 2.12. The molecule has 4 nitrogen and oxygen atoms in total. The Kier molecular flexibility index (Phi) is 3.12. The summed E-state index contributed by atoms with van der Waals surface area (Å²) in [6.45, 7) is 0. The van der Waals surface area contributed by atoms with Gasteiger partial charge in [-0.2, -0.15) is 0 Å². The summed E-state index contributed by atoms with van der Waals surface area (Å²) in [5.41, 5.74) is 1.45. The minimum Gasteiger partial charge on any atom is -0.497 e. The molecule has 2 heterocycles. The van der Waals surface area contributed by atoms with Crippen molar-refractivity contribution in [2.24, 2.45) is 0 Å². The molecule has 0 bridgehead atoms. The van der Waals surface area contributed by atoms with E-state index in [0.717, 1.165) is 31.9 Å². The van der Waals surface area contributed by atoms with Gasteiger partial charge in [-0.3, -0.25) is 9.36 Å². The lowest BCUT2D eigenvalue weighted by Crippen LogP contribution is -1.95. The highest BCUT2D eigenvalue weighted by molar-refractivity contribution is 9.10. The molecule has 19 heavy (non-hydrogen) atoms. The van der Waals surface area contributed by atoms with Gasteiger partial charge in [0.1, 0.15) is 5.75 Å². The summed E-state index contributed by atoms with van der Waals surface area (Å²) in [6.07, 6.45) is 2.65. The van der Waals surface area contributed by atoms with E-state index < -0.39 is 0 Å². The molecule has 0 aliphatic carbocycles. The zero-order valence-corrected chi connectivity index (χ0v) is 12.4. The minimum absolute atomic E-state index is 0.585. The van der Waals surface area contributed by atoms with Gasteiger partial charge in [0.15, 0.2) is 11.4 Å². The predicted molar refractivity (Wildman–Crippen MR) is 78.6 cm³/mol. The van der Waals surface area contributed by atoms with Gasteiger partial charge < -0.3 is 4.74 Å². The summed E-state index contributed by atoms with van der Waals surface area (Å²) in [5.74, 6) is 0.776. The molecule has 0 aliphatic rings. The third-order valence-electron chi connectivity index (χ3n) is 2.75. The van der Waals surface area contributed by atoms with E-state index in [9.17, 15) is 4.79 Å². The molecular formula is C13H9BrN2O2S. The average molecular weight is 337 g/mol. The zero-order chi connectivity index (χ0) is 13.4. The summed E-state index contributed by atoms with van der Waals surface area (Å²) in [7, 11) is 1.63. The van der Waals surface area contributed by atoms with Crippen molar-refractivity contribution in [2.45, 2.75) is 0 Å². The van der Waals surface area contributed by atoms with E-state index in [4.69, 9.17) is 4.74 Å². The van der Waals surface area contributed by atoms with Crippen molar-refractivity contribution >= 4 is 43.8 Å². The number of aldehydes is 1. The maximum Gasteiger partial charge on any atom is 0.195 e. The number of hydrogen-bond donors (Lipinski definition) is 0. The molecular weight excluding hydrogens is 328 g/mol. The molecule has 0 radical (unpaired) electrons. The van der Waals surface area contributed by atoms with E-state index in [2.05, 4.69) is 20.9 Å². The second-order valence-corrected chi connectivity index (χ2v) is 5.74. The number of thiazole rings is 1. The Morgan fingerprint density at radius 1 is 1.47 bits per heavy atom.